The van der Waals surface area contributed by atoms with E-state index in [1.807, 2.05) is 13.8 Å². The zero-order valence-electron chi connectivity index (χ0n) is 12.8. The van der Waals surface area contributed by atoms with Crippen LogP contribution >= 0.6 is 0 Å². The van der Waals surface area contributed by atoms with Crippen LogP contribution in [0.25, 0.3) is 0 Å². The van der Waals surface area contributed by atoms with Crippen molar-refractivity contribution in [3.63, 3.8) is 0 Å². The van der Waals surface area contributed by atoms with Gasteiger partial charge in [0.1, 0.15) is 5.82 Å². The molecule has 0 spiro atoms. The second-order valence-corrected chi connectivity index (χ2v) is 5.22. The Morgan fingerprint density at radius 1 is 1.48 bits per heavy atom. The molecule has 0 unspecified atom stereocenters. The fourth-order valence-corrected chi connectivity index (χ4v) is 2.28. The highest BCUT2D eigenvalue weighted by atomic mass is 19.1. The standard InChI is InChI=1S/C16H20FN3O/c1-5-15-13(9-20(4)19-15)16(21)18-11(3)12-6-7-14(17)10(2)8-12/h6-9,11H,5H2,1-4H3,(H,18,21)/t11-/m1/s1. The highest BCUT2D eigenvalue weighted by Gasteiger charge is 2.17. The number of nitrogens with one attached hydrogen (secondary N) is 1. The Kier molecular flexibility index (Phi) is 4.40. The summed E-state index contributed by atoms with van der Waals surface area (Å²) in [6.07, 6.45) is 2.42. The Bertz CT molecular complexity index is 664. The van der Waals surface area contributed by atoms with E-state index in [1.165, 1.54) is 6.07 Å². The normalized spacial score (nSPS) is 12.2. The van der Waals surface area contributed by atoms with Gasteiger partial charge in [-0.3, -0.25) is 9.48 Å². The van der Waals surface area contributed by atoms with Gasteiger partial charge in [0.2, 0.25) is 0 Å². The first-order valence-corrected chi connectivity index (χ1v) is 7.01. The monoisotopic (exact) mass is 289 g/mol. The van der Waals surface area contributed by atoms with Crippen LogP contribution in [0.4, 0.5) is 4.39 Å². The SMILES string of the molecule is CCc1nn(C)cc1C(=O)N[C@H](C)c1ccc(F)c(C)c1. The van der Waals surface area contributed by atoms with Crippen molar-refractivity contribution in [3.05, 3.63) is 52.6 Å². The van der Waals surface area contributed by atoms with Crippen LogP contribution in [0.2, 0.25) is 0 Å². The average Bonchev–Trinajstić information content (AvgIpc) is 2.83. The Labute approximate surface area is 124 Å². The van der Waals surface area contributed by atoms with E-state index in [2.05, 4.69) is 10.4 Å². The lowest BCUT2D eigenvalue weighted by Gasteiger charge is -2.15. The van der Waals surface area contributed by atoms with Crippen molar-refractivity contribution in [2.24, 2.45) is 7.05 Å². The molecule has 0 radical (unpaired) electrons. The van der Waals surface area contributed by atoms with Gasteiger partial charge in [0.15, 0.2) is 0 Å². The topological polar surface area (TPSA) is 46.9 Å². The van der Waals surface area contributed by atoms with Crippen LogP contribution in [-0.2, 0) is 13.5 Å². The van der Waals surface area contributed by atoms with Gasteiger partial charge in [0, 0.05) is 13.2 Å². The van der Waals surface area contributed by atoms with Crippen molar-refractivity contribution in [2.45, 2.75) is 33.2 Å². The molecule has 4 nitrogen and oxygen atoms in total. The fourth-order valence-electron chi connectivity index (χ4n) is 2.28. The molecule has 1 aromatic heterocycles. The number of carbonyl (C=O) groups excluding carboxylic acids is 1. The minimum atomic E-state index is -0.238. The molecule has 1 amide bonds. The van der Waals surface area contributed by atoms with Gasteiger partial charge in [-0.15, -0.1) is 0 Å². The summed E-state index contributed by atoms with van der Waals surface area (Å²) in [5.41, 5.74) is 2.82. The third-order valence-electron chi connectivity index (χ3n) is 3.51. The van der Waals surface area contributed by atoms with E-state index in [0.717, 1.165) is 11.3 Å². The molecular weight excluding hydrogens is 269 g/mol. The molecule has 2 rings (SSSR count). The van der Waals surface area contributed by atoms with Crippen LogP contribution in [-0.4, -0.2) is 15.7 Å². The van der Waals surface area contributed by atoms with Crippen LogP contribution in [0.15, 0.2) is 24.4 Å². The number of hydrogen-bond donors (Lipinski definition) is 1. The van der Waals surface area contributed by atoms with E-state index in [0.29, 0.717) is 17.5 Å². The average molecular weight is 289 g/mol. The molecule has 1 N–H and O–H groups in total. The van der Waals surface area contributed by atoms with Crippen molar-refractivity contribution in [1.29, 1.82) is 0 Å². The van der Waals surface area contributed by atoms with Gasteiger partial charge in [-0.1, -0.05) is 19.1 Å². The van der Waals surface area contributed by atoms with E-state index in [4.69, 9.17) is 0 Å². The van der Waals surface area contributed by atoms with Crippen molar-refractivity contribution in [3.8, 4) is 0 Å². The molecule has 0 bridgehead atoms. The minimum absolute atomic E-state index is 0.158. The minimum Gasteiger partial charge on any atom is -0.345 e. The maximum absolute atomic E-state index is 13.3. The number of benzene rings is 1. The second-order valence-electron chi connectivity index (χ2n) is 5.22. The number of rotatable bonds is 4. The second kappa shape index (κ2) is 6.08. The summed E-state index contributed by atoms with van der Waals surface area (Å²) in [5, 5.41) is 7.19. The molecule has 1 heterocycles. The fraction of sp³-hybridized carbons (Fsp3) is 0.375. The van der Waals surface area contributed by atoms with Gasteiger partial charge in [-0.2, -0.15) is 5.10 Å². The molecule has 0 saturated carbocycles. The molecule has 0 aliphatic rings. The maximum Gasteiger partial charge on any atom is 0.255 e. The van der Waals surface area contributed by atoms with Gasteiger partial charge in [0.25, 0.3) is 5.91 Å². The smallest absolute Gasteiger partial charge is 0.255 e. The van der Waals surface area contributed by atoms with E-state index in [1.54, 1.807) is 37.0 Å². The first kappa shape index (κ1) is 15.2. The third-order valence-corrected chi connectivity index (χ3v) is 3.51. The van der Waals surface area contributed by atoms with Gasteiger partial charge >= 0.3 is 0 Å². The molecule has 0 aliphatic carbocycles. The number of carbonyl (C=O) groups is 1. The lowest BCUT2D eigenvalue weighted by Crippen LogP contribution is -2.27. The highest BCUT2D eigenvalue weighted by Crippen LogP contribution is 2.17. The van der Waals surface area contributed by atoms with Crippen molar-refractivity contribution in [1.82, 2.24) is 15.1 Å². The lowest BCUT2D eigenvalue weighted by molar-refractivity contribution is 0.0939. The number of aryl methyl sites for hydroxylation is 3. The number of aromatic nitrogens is 2. The molecule has 112 valence electrons. The van der Waals surface area contributed by atoms with Gasteiger partial charge < -0.3 is 5.32 Å². The van der Waals surface area contributed by atoms with Crippen molar-refractivity contribution in [2.75, 3.05) is 0 Å². The summed E-state index contributed by atoms with van der Waals surface area (Å²) in [5.74, 6) is -0.396. The largest absolute Gasteiger partial charge is 0.345 e. The van der Waals surface area contributed by atoms with E-state index >= 15 is 0 Å². The van der Waals surface area contributed by atoms with Crippen LogP contribution < -0.4 is 5.32 Å². The summed E-state index contributed by atoms with van der Waals surface area (Å²) in [4.78, 5) is 12.3. The molecule has 0 saturated heterocycles. The summed E-state index contributed by atoms with van der Waals surface area (Å²) in [6, 6.07) is 4.68. The van der Waals surface area contributed by atoms with Gasteiger partial charge in [-0.05, 0) is 37.5 Å². The maximum atomic E-state index is 13.3. The van der Waals surface area contributed by atoms with Crippen LogP contribution in [0, 0.1) is 12.7 Å². The number of nitrogens with zero attached hydrogens (tertiary/aromatic N) is 2. The number of halogens is 1. The molecule has 0 fully saturated rings. The van der Waals surface area contributed by atoms with Crippen molar-refractivity contribution >= 4 is 5.91 Å². The molecule has 21 heavy (non-hydrogen) atoms. The summed E-state index contributed by atoms with van der Waals surface area (Å²) >= 11 is 0. The van der Waals surface area contributed by atoms with Crippen LogP contribution in [0.5, 0.6) is 0 Å². The summed E-state index contributed by atoms with van der Waals surface area (Å²) in [7, 11) is 1.79. The van der Waals surface area contributed by atoms with Crippen LogP contribution in [0.1, 0.15) is 47.1 Å². The molecular formula is C16H20FN3O. The van der Waals surface area contributed by atoms with Gasteiger partial charge in [-0.25, -0.2) is 4.39 Å². The molecule has 5 heteroatoms. The summed E-state index contributed by atoms with van der Waals surface area (Å²) in [6.45, 7) is 5.56. The predicted octanol–water partition coefficient (Wildman–Crippen LogP) is 2.92. The van der Waals surface area contributed by atoms with E-state index in [-0.39, 0.29) is 17.8 Å². The molecule has 1 aromatic carbocycles. The van der Waals surface area contributed by atoms with Crippen molar-refractivity contribution < 1.29 is 9.18 Å². The Balaban J connectivity index is 2.16. The Hall–Kier alpha value is -2.17. The summed E-state index contributed by atoms with van der Waals surface area (Å²) < 4.78 is 14.9. The molecule has 1 atom stereocenters. The Morgan fingerprint density at radius 3 is 2.81 bits per heavy atom. The molecule has 0 aliphatic heterocycles. The van der Waals surface area contributed by atoms with E-state index < -0.39 is 0 Å². The zero-order valence-corrected chi connectivity index (χ0v) is 12.8. The molecule has 2 aromatic rings. The quantitative estimate of drug-likeness (QED) is 0.940. The predicted molar refractivity (Wildman–Crippen MR) is 79.6 cm³/mol. The van der Waals surface area contributed by atoms with E-state index in [9.17, 15) is 9.18 Å². The van der Waals surface area contributed by atoms with Gasteiger partial charge in [0.05, 0.1) is 17.3 Å². The Morgan fingerprint density at radius 2 is 2.19 bits per heavy atom. The first-order valence-electron chi connectivity index (χ1n) is 7.01. The zero-order chi connectivity index (χ0) is 15.6. The van der Waals surface area contributed by atoms with Crippen LogP contribution in [0.3, 0.4) is 0 Å². The number of hydrogen-bond acceptors (Lipinski definition) is 2. The highest BCUT2D eigenvalue weighted by molar-refractivity contribution is 5.95. The lowest BCUT2D eigenvalue weighted by atomic mass is 10.0. The first-order chi connectivity index (χ1) is 9.92. The third kappa shape index (κ3) is 3.29. The number of amides is 1.